The van der Waals surface area contributed by atoms with Crippen molar-refractivity contribution in [1.82, 2.24) is 4.98 Å². The molecule has 0 radical (unpaired) electrons. The molecule has 84 valence electrons. The Labute approximate surface area is 98.0 Å². The van der Waals surface area contributed by atoms with Crippen molar-refractivity contribution >= 4 is 22.6 Å². The summed E-state index contributed by atoms with van der Waals surface area (Å²) >= 11 is 1.76. The predicted molar refractivity (Wildman–Crippen MR) is 56.3 cm³/mol. The van der Waals surface area contributed by atoms with Gasteiger partial charge in [-0.15, -0.1) is 13.2 Å². The zero-order valence-electron chi connectivity index (χ0n) is 7.73. The maximum absolute atomic E-state index is 12.1. The molecule has 3 nitrogen and oxygen atoms in total. The first-order chi connectivity index (χ1) is 6.85. The molecule has 0 saturated carbocycles. The van der Waals surface area contributed by atoms with Crippen LogP contribution < -0.4 is 10.5 Å². The van der Waals surface area contributed by atoms with Gasteiger partial charge < -0.3 is 10.5 Å². The first kappa shape index (κ1) is 12.5. The Bertz CT molecular complexity index is 368. The number of alkyl halides is 3. The van der Waals surface area contributed by atoms with Gasteiger partial charge in [0.15, 0.2) is 5.75 Å². The minimum atomic E-state index is -4.71. The number of nitrogens with two attached hydrogens (primary N) is 1. The lowest BCUT2D eigenvalue weighted by Crippen LogP contribution is -2.19. The molecule has 0 aliphatic carbocycles. The predicted octanol–water partition coefficient (Wildman–Crippen LogP) is 2.35. The number of pyridine rings is 1. The highest BCUT2D eigenvalue weighted by molar-refractivity contribution is 14.1. The van der Waals surface area contributed by atoms with E-state index in [1.54, 1.807) is 22.6 Å². The molecule has 0 amide bonds. The molecule has 0 spiro atoms. The fourth-order valence-corrected chi connectivity index (χ4v) is 1.83. The maximum Gasteiger partial charge on any atom is 0.573 e. The summed E-state index contributed by atoms with van der Waals surface area (Å²) in [6.07, 6.45) is -3.26. The number of aryl methyl sites for hydroxylation is 1. The van der Waals surface area contributed by atoms with E-state index in [0.717, 1.165) is 0 Å². The monoisotopic (exact) mass is 332 g/mol. The summed E-state index contributed by atoms with van der Waals surface area (Å²) in [6.45, 7) is 1.57. The van der Waals surface area contributed by atoms with E-state index in [2.05, 4.69) is 9.72 Å². The first-order valence-corrected chi connectivity index (χ1v) is 5.03. The second-order valence-electron chi connectivity index (χ2n) is 2.76. The summed E-state index contributed by atoms with van der Waals surface area (Å²) in [5.74, 6) is -0.272. The van der Waals surface area contributed by atoms with Gasteiger partial charge in [-0.3, -0.25) is 4.98 Å². The molecule has 0 aliphatic rings. The Morgan fingerprint density at radius 2 is 2.13 bits per heavy atom. The zero-order chi connectivity index (χ0) is 11.6. The van der Waals surface area contributed by atoms with Crippen LogP contribution in [0.25, 0.3) is 0 Å². The normalized spacial score (nSPS) is 11.6. The summed E-state index contributed by atoms with van der Waals surface area (Å²) in [6, 6.07) is 0. The highest BCUT2D eigenvalue weighted by Crippen LogP contribution is 2.31. The molecule has 0 atom stereocenters. The second-order valence-corrected chi connectivity index (χ2v) is 3.84. The maximum atomic E-state index is 12.1. The van der Waals surface area contributed by atoms with Gasteiger partial charge in [-0.2, -0.15) is 0 Å². The van der Waals surface area contributed by atoms with Gasteiger partial charge in [-0.1, -0.05) is 0 Å². The van der Waals surface area contributed by atoms with Crippen LogP contribution >= 0.6 is 22.6 Å². The van der Waals surface area contributed by atoms with E-state index in [9.17, 15) is 13.2 Å². The molecule has 0 aliphatic heterocycles. The highest BCUT2D eigenvalue weighted by atomic mass is 127. The third-order valence-corrected chi connectivity index (χ3v) is 2.84. The fourth-order valence-electron chi connectivity index (χ4n) is 0.971. The van der Waals surface area contributed by atoms with Crippen LogP contribution in [-0.4, -0.2) is 11.3 Å². The molecule has 0 saturated heterocycles. The van der Waals surface area contributed by atoms with Crippen molar-refractivity contribution < 1.29 is 17.9 Å². The van der Waals surface area contributed by atoms with Crippen molar-refractivity contribution in [2.75, 3.05) is 0 Å². The number of aromatic nitrogens is 1. The van der Waals surface area contributed by atoms with Gasteiger partial charge in [-0.25, -0.2) is 0 Å². The quantitative estimate of drug-likeness (QED) is 0.846. The van der Waals surface area contributed by atoms with Crippen LogP contribution in [-0.2, 0) is 6.54 Å². The Balaban J connectivity index is 3.15. The topological polar surface area (TPSA) is 48.1 Å². The van der Waals surface area contributed by atoms with Crippen molar-refractivity contribution in [2.24, 2.45) is 5.73 Å². The molecule has 7 heteroatoms. The molecule has 0 bridgehead atoms. The Kier molecular flexibility index (Phi) is 3.77. The molecule has 1 heterocycles. The zero-order valence-corrected chi connectivity index (χ0v) is 9.89. The van der Waals surface area contributed by atoms with Crippen molar-refractivity contribution in [3.05, 3.63) is 21.0 Å². The third kappa shape index (κ3) is 3.20. The van der Waals surface area contributed by atoms with E-state index in [-0.39, 0.29) is 18.0 Å². The van der Waals surface area contributed by atoms with Crippen LogP contribution in [0.5, 0.6) is 5.75 Å². The highest BCUT2D eigenvalue weighted by Gasteiger charge is 2.33. The van der Waals surface area contributed by atoms with Crippen LogP contribution in [0, 0.1) is 10.5 Å². The lowest BCUT2D eigenvalue weighted by Gasteiger charge is -2.14. The van der Waals surface area contributed by atoms with Gasteiger partial charge in [0.1, 0.15) is 0 Å². The average Bonchev–Trinajstić information content (AvgIpc) is 2.11. The van der Waals surface area contributed by atoms with E-state index in [4.69, 9.17) is 5.73 Å². The van der Waals surface area contributed by atoms with Gasteiger partial charge in [-0.05, 0) is 29.5 Å². The second kappa shape index (κ2) is 4.52. The molecule has 2 N–H and O–H groups in total. The van der Waals surface area contributed by atoms with E-state index >= 15 is 0 Å². The molecular weight excluding hydrogens is 324 g/mol. The Morgan fingerprint density at radius 3 is 2.60 bits per heavy atom. The Morgan fingerprint density at radius 1 is 1.53 bits per heavy atom. The van der Waals surface area contributed by atoms with Gasteiger partial charge in [0.25, 0.3) is 0 Å². The largest absolute Gasteiger partial charge is 0.573 e. The number of nitrogens with zero attached hydrogens (tertiary/aromatic N) is 1. The number of ether oxygens (including phenoxy) is 1. The lowest BCUT2D eigenvalue weighted by atomic mass is 10.2. The van der Waals surface area contributed by atoms with Crippen LogP contribution in [0.15, 0.2) is 6.20 Å². The number of hydrogen-bond donors (Lipinski definition) is 1. The molecule has 1 aromatic rings. The molecule has 15 heavy (non-hydrogen) atoms. The standard InChI is InChI=1S/C8H8F3IN2O/c1-4-7(15-8(9,10)11)6(12)5(2-13)3-14-4/h3H,2,13H2,1H3. The van der Waals surface area contributed by atoms with E-state index in [1.165, 1.54) is 13.1 Å². The average molecular weight is 332 g/mol. The summed E-state index contributed by atoms with van der Waals surface area (Å²) in [7, 11) is 0. The first-order valence-electron chi connectivity index (χ1n) is 3.95. The number of halogens is 4. The van der Waals surface area contributed by atoms with E-state index < -0.39 is 6.36 Å². The number of rotatable bonds is 2. The molecular formula is C8H8F3IN2O. The summed E-state index contributed by atoms with van der Waals surface area (Å²) in [4.78, 5) is 3.79. The van der Waals surface area contributed by atoms with Crippen molar-refractivity contribution in [1.29, 1.82) is 0 Å². The number of hydrogen-bond acceptors (Lipinski definition) is 3. The van der Waals surface area contributed by atoms with Crippen LogP contribution in [0.3, 0.4) is 0 Å². The summed E-state index contributed by atoms with van der Waals surface area (Å²) < 4.78 is 40.4. The molecule has 0 unspecified atom stereocenters. The van der Waals surface area contributed by atoms with Gasteiger partial charge >= 0.3 is 6.36 Å². The Hall–Kier alpha value is -0.570. The minimum Gasteiger partial charge on any atom is -0.403 e. The van der Waals surface area contributed by atoms with E-state index in [0.29, 0.717) is 9.13 Å². The van der Waals surface area contributed by atoms with Crippen molar-refractivity contribution in [3.63, 3.8) is 0 Å². The van der Waals surface area contributed by atoms with Crippen molar-refractivity contribution in [2.45, 2.75) is 19.8 Å². The minimum absolute atomic E-state index is 0.125. The molecule has 0 aromatic carbocycles. The summed E-state index contributed by atoms with van der Waals surface area (Å²) in [5.41, 5.74) is 6.07. The van der Waals surface area contributed by atoms with Crippen LogP contribution in [0.2, 0.25) is 0 Å². The molecule has 0 fully saturated rings. The third-order valence-electron chi connectivity index (χ3n) is 1.66. The van der Waals surface area contributed by atoms with E-state index in [1.807, 2.05) is 0 Å². The lowest BCUT2D eigenvalue weighted by molar-refractivity contribution is -0.275. The smallest absolute Gasteiger partial charge is 0.403 e. The molecule has 1 aromatic heterocycles. The van der Waals surface area contributed by atoms with Gasteiger partial charge in [0.2, 0.25) is 0 Å². The molecule has 1 rings (SSSR count). The van der Waals surface area contributed by atoms with Gasteiger partial charge in [0.05, 0.1) is 9.26 Å². The fraction of sp³-hybridized carbons (Fsp3) is 0.375. The van der Waals surface area contributed by atoms with Crippen molar-refractivity contribution in [3.8, 4) is 5.75 Å². The van der Waals surface area contributed by atoms with Crippen LogP contribution in [0.4, 0.5) is 13.2 Å². The summed E-state index contributed by atoms with van der Waals surface area (Å²) in [5, 5.41) is 0. The van der Waals surface area contributed by atoms with Crippen LogP contribution in [0.1, 0.15) is 11.3 Å². The SMILES string of the molecule is Cc1ncc(CN)c(I)c1OC(F)(F)F. The van der Waals surface area contributed by atoms with Gasteiger partial charge in [0, 0.05) is 18.3 Å².